The third-order valence-corrected chi connectivity index (χ3v) is 3.23. The smallest absolute Gasteiger partial charge is 0.255 e. The molecule has 1 aromatic carbocycles. The topological polar surface area (TPSA) is 59.2 Å². The van der Waals surface area contributed by atoms with E-state index in [-0.39, 0.29) is 5.91 Å². The van der Waals surface area contributed by atoms with E-state index in [2.05, 4.69) is 4.98 Å². The number of carbonyl (C=O) groups excluding carboxylic acids is 1. The first kappa shape index (κ1) is 14.1. The molecule has 1 amide bonds. The Kier molecular flexibility index (Phi) is 4.35. The van der Waals surface area contributed by atoms with Crippen LogP contribution in [0.15, 0.2) is 42.6 Å². The van der Waals surface area contributed by atoms with Crippen LogP contribution < -0.4 is 5.73 Å². The van der Waals surface area contributed by atoms with Crippen LogP contribution in [0.3, 0.4) is 0 Å². The molecule has 0 aliphatic heterocycles. The van der Waals surface area contributed by atoms with Gasteiger partial charge >= 0.3 is 0 Å². The van der Waals surface area contributed by atoms with Crippen LogP contribution in [0, 0.1) is 6.92 Å². The van der Waals surface area contributed by atoms with E-state index >= 15 is 0 Å². The molecule has 0 unspecified atom stereocenters. The number of nitrogen functional groups attached to an aromatic ring is 1. The van der Waals surface area contributed by atoms with Crippen LogP contribution in [-0.4, -0.2) is 22.3 Å². The van der Waals surface area contributed by atoms with Crippen LogP contribution in [0.5, 0.6) is 0 Å². The Morgan fingerprint density at radius 2 is 2.10 bits per heavy atom. The van der Waals surface area contributed by atoms with E-state index in [0.29, 0.717) is 24.3 Å². The zero-order valence-electron chi connectivity index (χ0n) is 11.8. The molecule has 1 aromatic heterocycles. The van der Waals surface area contributed by atoms with Crippen molar-refractivity contribution in [2.24, 2.45) is 0 Å². The van der Waals surface area contributed by atoms with E-state index in [9.17, 15) is 4.79 Å². The zero-order valence-corrected chi connectivity index (χ0v) is 11.8. The maximum atomic E-state index is 12.5. The Labute approximate surface area is 119 Å². The van der Waals surface area contributed by atoms with Gasteiger partial charge in [-0.15, -0.1) is 0 Å². The number of anilines is 1. The van der Waals surface area contributed by atoms with Crippen LogP contribution in [0.2, 0.25) is 0 Å². The molecule has 0 spiro atoms. The van der Waals surface area contributed by atoms with Crippen LogP contribution >= 0.6 is 0 Å². The van der Waals surface area contributed by atoms with Gasteiger partial charge in [-0.2, -0.15) is 0 Å². The molecule has 0 aliphatic carbocycles. The minimum atomic E-state index is 0.000486. The average molecular weight is 269 g/mol. The van der Waals surface area contributed by atoms with Crippen LogP contribution in [0.1, 0.15) is 28.5 Å². The molecule has 0 atom stereocenters. The fourth-order valence-electron chi connectivity index (χ4n) is 2.12. The Morgan fingerprint density at radius 1 is 1.30 bits per heavy atom. The van der Waals surface area contributed by atoms with Crippen LogP contribution in [-0.2, 0) is 6.54 Å². The molecule has 0 saturated carbocycles. The number of rotatable bonds is 4. The number of carbonyl (C=O) groups is 1. The first-order chi connectivity index (χ1) is 9.61. The van der Waals surface area contributed by atoms with Crippen molar-refractivity contribution in [1.82, 2.24) is 9.88 Å². The number of hydrogen-bond donors (Lipinski definition) is 1. The van der Waals surface area contributed by atoms with Gasteiger partial charge in [-0.25, -0.2) is 0 Å². The number of aromatic nitrogens is 1. The van der Waals surface area contributed by atoms with E-state index in [0.717, 1.165) is 11.3 Å². The van der Waals surface area contributed by atoms with Crippen molar-refractivity contribution in [3.63, 3.8) is 0 Å². The summed E-state index contributed by atoms with van der Waals surface area (Å²) in [7, 11) is 0. The molecule has 0 radical (unpaired) electrons. The monoisotopic (exact) mass is 269 g/mol. The molecule has 0 fully saturated rings. The van der Waals surface area contributed by atoms with Crippen LogP contribution in [0.4, 0.5) is 5.69 Å². The lowest BCUT2D eigenvalue weighted by Crippen LogP contribution is -2.31. The normalized spacial score (nSPS) is 10.3. The Bertz CT molecular complexity index is 610. The van der Waals surface area contributed by atoms with Crippen LogP contribution in [0.25, 0.3) is 0 Å². The summed E-state index contributed by atoms with van der Waals surface area (Å²) in [6.07, 6.45) is 1.69. The SMILES string of the molecule is CCN(Cc1cccc(N)c1)C(=O)c1cccnc1C. The summed E-state index contributed by atoms with van der Waals surface area (Å²) in [6.45, 7) is 5.01. The predicted molar refractivity (Wildman–Crippen MR) is 80.2 cm³/mol. The second-order valence-corrected chi connectivity index (χ2v) is 4.70. The molecule has 1 heterocycles. The largest absolute Gasteiger partial charge is 0.399 e. The van der Waals surface area contributed by atoms with Crippen molar-refractivity contribution < 1.29 is 4.79 Å². The van der Waals surface area contributed by atoms with Gasteiger partial charge in [0.2, 0.25) is 0 Å². The number of pyridine rings is 1. The number of benzene rings is 1. The van der Waals surface area contributed by atoms with Gasteiger partial charge in [0.15, 0.2) is 0 Å². The molecular formula is C16H19N3O. The molecule has 0 aliphatic rings. The van der Waals surface area contributed by atoms with E-state index in [1.54, 1.807) is 17.2 Å². The highest BCUT2D eigenvalue weighted by Crippen LogP contribution is 2.13. The second kappa shape index (κ2) is 6.19. The lowest BCUT2D eigenvalue weighted by Gasteiger charge is -2.21. The molecule has 0 bridgehead atoms. The zero-order chi connectivity index (χ0) is 14.5. The van der Waals surface area contributed by atoms with Crippen molar-refractivity contribution in [3.05, 3.63) is 59.4 Å². The highest BCUT2D eigenvalue weighted by atomic mass is 16.2. The lowest BCUT2D eigenvalue weighted by atomic mass is 10.1. The number of aryl methyl sites for hydroxylation is 1. The number of nitrogens with zero attached hydrogens (tertiary/aromatic N) is 2. The molecule has 4 heteroatoms. The number of hydrogen-bond acceptors (Lipinski definition) is 3. The van der Waals surface area contributed by atoms with E-state index in [4.69, 9.17) is 5.73 Å². The standard InChI is InChI=1S/C16H19N3O/c1-3-19(11-13-6-4-7-14(17)10-13)16(20)15-8-5-9-18-12(15)2/h4-10H,3,11,17H2,1-2H3. The molecule has 2 rings (SSSR count). The van der Waals surface area contributed by atoms with Gasteiger partial charge in [-0.3, -0.25) is 9.78 Å². The minimum absolute atomic E-state index is 0.000486. The Balaban J connectivity index is 2.20. The van der Waals surface area contributed by atoms with E-state index in [1.165, 1.54) is 0 Å². The molecule has 104 valence electrons. The van der Waals surface area contributed by atoms with Crippen molar-refractivity contribution in [3.8, 4) is 0 Å². The van der Waals surface area contributed by atoms with E-state index < -0.39 is 0 Å². The molecule has 2 N–H and O–H groups in total. The summed E-state index contributed by atoms with van der Waals surface area (Å²) in [5, 5.41) is 0. The molecule has 4 nitrogen and oxygen atoms in total. The maximum Gasteiger partial charge on any atom is 0.255 e. The first-order valence-electron chi connectivity index (χ1n) is 6.67. The molecule has 0 saturated heterocycles. The Morgan fingerprint density at radius 3 is 2.75 bits per heavy atom. The highest BCUT2D eigenvalue weighted by molar-refractivity contribution is 5.95. The summed E-state index contributed by atoms with van der Waals surface area (Å²) in [5.41, 5.74) is 8.92. The van der Waals surface area contributed by atoms with Crippen molar-refractivity contribution >= 4 is 11.6 Å². The maximum absolute atomic E-state index is 12.5. The summed E-state index contributed by atoms with van der Waals surface area (Å²) in [5.74, 6) is 0.000486. The van der Waals surface area contributed by atoms with Gasteiger partial charge in [0.05, 0.1) is 5.56 Å². The summed E-state index contributed by atoms with van der Waals surface area (Å²) >= 11 is 0. The number of nitrogens with two attached hydrogens (primary N) is 1. The molecule has 2 aromatic rings. The summed E-state index contributed by atoms with van der Waals surface area (Å²) < 4.78 is 0. The van der Waals surface area contributed by atoms with E-state index in [1.807, 2.05) is 44.2 Å². The Hall–Kier alpha value is -2.36. The van der Waals surface area contributed by atoms with Crippen molar-refractivity contribution in [1.29, 1.82) is 0 Å². The third-order valence-electron chi connectivity index (χ3n) is 3.23. The highest BCUT2D eigenvalue weighted by Gasteiger charge is 2.16. The molecular weight excluding hydrogens is 250 g/mol. The summed E-state index contributed by atoms with van der Waals surface area (Å²) in [4.78, 5) is 18.5. The fraction of sp³-hybridized carbons (Fsp3) is 0.250. The van der Waals surface area contributed by atoms with Gasteiger partial charge in [-0.1, -0.05) is 12.1 Å². The van der Waals surface area contributed by atoms with Gasteiger partial charge in [0.1, 0.15) is 0 Å². The molecule has 20 heavy (non-hydrogen) atoms. The second-order valence-electron chi connectivity index (χ2n) is 4.70. The minimum Gasteiger partial charge on any atom is -0.399 e. The van der Waals surface area contributed by atoms with Gasteiger partial charge in [-0.05, 0) is 43.7 Å². The van der Waals surface area contributed by atoms with Crippen molar-refractivity contribution in [2.75, 3.05) is 12.3 Å². The van der Waals surface area contributed by atoms with Gasteiger partial charge < -0.3 is 10.6 Å². The fourth-order valence-corrected chi connectivity index (χ4v) is 2.12. The van der Waals surface area contributed by atoms with Gasteiger partial charge in [0, 0.05) is 30.7 Å². The number of amides is 1. The third kappa shape index (κ3) is 3.15. The average Bonchev–Trinajstić information content (AvgIpc) is 2.44. The quantitative estimate of drug-likeness (QED) is 0.868. The lowest BCUT2D eigenvalue weighted by molar-refractivity contribution is 0.0751. The van der Waals surface area contributed by atoms with Crippen molar-refractivity contribution in [2.45, 2.75) is 20.4 Å². The van der Waals surface area contributed by atoms with Gasteiger partial charge in [0.25, 0.3) is 5.91 Å². The predicted octanol–water partition coefficient (Wildman–Crippen LogP) is 2.63. The summed E-state index contributed by atoms with van der Waals surface area (Å²) in [6, 6.07) is 11.2. The first-order valence-corrected chi connectivity index (χ1v) is 6.67.